The van der Waals surface area contributed by atoms with Crippen LogP contribution in [0.3, 0.4) is 0 Å². The summed E-state index contributed by atoms with van der Waals surface area (Å²) in [6, 6.07) is 6.31. The minimum atomic E-state index is -5.12. The summed E-state index contributed by atoms with van der Waals surface area (Å²) < 4.78 is 84.5. The van der Waals surface area contributed by atoms with Crippen molar-refractivity contribution in [3.8, 4) is 5.88 Å². The van der Waals surface area contributed by atoms with Crippen molar-refractivity contribution in [3.63, 3.8) is 0 Å². The first-order chi connectivity index (χ1) is 20.9. The number of hydrogen-bond donors (Lipinski definition) is 1. The number of carbonyl (C=O) groups excluding carboxylic acids is 2. The molecule has 0 bridgehead atoms. The van der Waals surface area contributed by atoms with Crippen molar-refractivity contribution in [1.82, 2.24) is 9.88 Å². The first-order valence-corrected chi connectivity index (χ1v) is 13.1. The second-order valence-corrected chi connectivity index (χ2v) is 10.5. The topological polar surface area (TPSA) is 133 Å². The molecule has 0 fully saturated rings. The van der Waals surface area contributed by atoms with Crippen LogP contribution in [-0.2, 0) is 28.6 Å². The van der Waals surface area contributed by atoms with Crippen molar-refractivity contribution in [2.75, 3.05) is 26.1 Å². The summed E-state index contributed by atoms with van der Waals surface area (Å²) in [5, 5.41) is 14.2. The van der Waals surface area contributed by atoms with Crippen LogP contribution < -0.4 is 10.1 Å². The number of rotatable bonds is 10. The van der Waals surface area contributed by atoms with Crippen LogP contribution in [0.1, 0.15) is 48.0 Å². The third kappa shape index (κ3) is 9.00. The van der Waals surface area contributed by atoms with Gasteiger partial charge in [0.25, 0.3) is 5.69 Å². The monoisotopic (exact) mass is 640 g/mol. The lowest BCUT2D eigenvalue weighted by Gasteiger charge is -2.28. The number of benzene rings is 2. The fourth-order valence-electron chi connectivity index (χ4n) is 4.08. The second-order valence-electron chi connectivity index (χ2n) is 10.5. The molecule has 0 radical (unpaired) electrons. The van der Waals surface area contributed by atoms with Gasteiger partial charge in [-0.25, -0.2) is 23.4 Å². The molecule has 1 N–H and O–H groups in total. The lowest BCUT2D eigenvalue weighted by atomic mass is 10.1. The number of nitrogens with zero attached hydrogens (tertiary/aromatic N) is 3. The van der Waals surface area contributed by atoms with Crippen molar-refractivity contribution in [2.24, 2.45) is 0 Å². The predicted octanol–water partition coefficient (Wildman–Crippen LogP) is 6.81. The molecule has 0 unspecified atom stereocenters. The highest BCUT2D eigenvalue weighted by Crippen LogP contribution is 2.36. The number of nitro groups is 1. The number of alkyl halides is 3. The van der Waals surface area contributed by atoms with Gasteiger partial charge in [0.1, 0.15) is 22.9 Å². The van der Waals surface area contributed by atoms with Gasteiger partial charge in [-0.05, 0) is 56.7 Å². The molecule has 0 atom stereocenters. The molecule has 3 aromatic rings. The van der Waals surface area contributed by atoms with Gasteiger partial charge in [-0.2, -0.15) is 13.2 Å². The Labute approximate surface area is 254 Å². The quantitative estimate of drug-likeness (QED) is 0.110. The lowest BCUT2D eigenvalue weighted by molar-refractivity contribution is -0.386. The van der Waals surface area contributed by atoms with Gasteiger partial charge in [0.15, 0.2) is 0 Å². The average Bonchev–Trinajstić information content (AvgIpc) is 2.94. The molecule has 0 aliphatic heterocycles. The molecule has 0 saturated carbocycles. The summed E-state index contributed by atoms with van der Waals surface area (Å²) in [6.45, 7) is 4.11. The number of halogens is 5. The Morgan fingerprint density at radius 3 is 2.29 bits per heavy atom. The molecular formula is C29H29F5N4O7. The molecule has 45 heavy (non-hydrogen) atoms. The predicted molar refractivity (Wildman–Crippen MR) is 150 cm³/mol. The number of aromatic nitrogens is 1. The van der Waals surface area contributed by atoms with Crippen LogP contribution in [0.25, 0.3) is 0 Å². The Kier molecular flexibility index (Phi) is 10.5. The van der Waals surface area contributed by atoms with E-state index in [4.69, 9.17) is 9.47 Å². The molecular weight excluding hydrogens is 611 g/mol. The molecule has 0 spiro atoms. The van der Waals surface area contributed by atoms with E-state index in [1.54, 1.807) is 20.8 Å². The van der Waals surface area contributed by atoms with Crippen molar-refractivity contribution in [1.29, 1.82) is 0 Å². The van der Waals surface area contributed by atoms with Crippen LogP contribution in [-0.4, -0.2) is 53.2 Å². The number of carbonyl (C=O) groups is 2. The third-order valence-electron chi connectivity index (χ3n) is 6.12. The molecule has 1 heterocycles. The first-order valence-electron chi connectivity index (χ1n) is 13.1. The standard InChI is InChI=1S/C29H29F5N4O7/c1-28(2,3)45-27(40)37(11-10-22-24(38(41)42)8-9-25(36-22)43-4)15-16-12-17(30)6-7-21(16)35-23-14-19(29(32,33)34)20(31)13-18(23)26(39)44-5/h6-9,12-14,35H,10-11,15H2,1-5H3. The zero-order valence-electron chi connectivity index (χ0n) is 24.8. The highest BCUT2D eigenvalue weighted by atomic mass is 19.4. The maximum absolute atomic E-state index is 14.5. The lowest BCUT2D eigenvalue weighted by Crippen LogP contribution is -2.38. The Hall–Kier alpha value is -5.02. The van der Waals surface area contributed by atoms with Crippen LogP contribution >= 0.6 is 0 Å². The van der Waals surface area contributed by atoms with E-state index in [-0.39, 0.29) is 41.5 Å². The summed E-state index contributed by atoms with van der Waals surface area (Å²) >= 11 is 0. The van der Waals surface area contributed by atoms with Gasteiger partial charge in [-0.3, -0.25) is 10.1 Å². The smallest absolute Gasteiger partial charge is 0.419 e. The Balaban J connectivity index is 2.06. The maximum Gasteiger partial charge on any atom is 0.419 e. The van der Waals surface area contributed by atoms with E-state index in [1.807, 2.05) is 0 Å². The summed E-state index contributed by atoms with van der Waals surface area (Å²) in [5.74, 6) is -3.58. The number of amides is 1. The summed E-state index contributed by atoms with van der Waals surface area (Å²) in [5.41, 5.74) is -4.19. The van der Waals surface area contributed by atoms with E-state index < -0.39 is 63.8 Å². The van der Waals surface area contributed by atoms with Crippen LogP contribution in [0, 0.1) is 21.7 Å². The highest BCUT2D eigenvalue weighted by molar-refractivity contribution is 5.97. The maximum atomic E-state index is 14.5. The fourth-order valence-corrected chi connectivity index (χ4v) is 4.08. The van der Waals surface area contributed by atoms with Crippen molar-refractivity contribution < 1.29 is 50.7 Å². The number of esters is 1. The highest BCUT2D eigenvalue weighted by Gasteiger charge is 2.36. The Morgan fingerprint density at radius 1 is 1.02 bits per heavy atom. The van der Waals surface area contributed by atoms with E-state index in [0.29, 0.717) is 12.1 Å². The van der Waals surface area contributed by atoms with Gasteiger partial charge < -0.3 is 24.4 Å². The molecule has 11 nitrogen and oxygen atoms in total. The van der Waals surface area contributed by atoms with Crippen molar-refractivity contribution in [3.05, 3.63) is 86.6 Å². The molecule has 3 rings (SSSR count). The number of ether oxygens (including phenoxy) is 3. The third-order valence-corrected chi connectivity index (χ3v) is 6.12. The van der Waals surface area contributed by atoms with Gasteiger partial charge in [-0.15, -0.1) is 0 Å². The van der Waals surface area contributed by atoms with Gasteiger partial charge >= 0.3 is 18.2 Å². The number of hydrogen-bond acceptors (Lipinski definition) is 9. The minimum Gasteiger partial charge on any atom is -0.481 e. The molecule has 0 saturated heterocycles. The van der Waals surface area contributed by atoms with Crippen LogP contribution in [0.4, 0.5) is 43.8 Å². The van der Waals surface area contributed by atoms with Gasteiger partial charge in [0.2, 0.25) is 5.88 Å². The number of anilines is 2. The zero-order chi connectivity index (χ0) is 33.7. The SMILES string of the molecule is COC(=O)c1cc(F)c(C(F)(F)F)cc1Nc1ccc(F)cc1CN(CCc1nc(OC)ccc1[N+](=O)[O-])C(=O)OC(C)(C)C. The van der Waals surface area contributed by atoms with Crippen LogP contribution in [0.15, 0.2) is 42.5 Å². The van der Waals surface area contributed by atoms with E-state index in [1.165, 1.54) is 19.2 Å². The largest absolute Gasteiger partial charge is 0.481 e. The van der Waals surface area contributed by atoms with E-state index in [0.717, 1.165) is 30.2 Å². The van der Waals surface area contributed by atoms with Crippen molar-refractivity contribution in [2.45, 2.75) is 45.5 Å². The van der Waals surface area contributed by atoms with Gasteiger partial charge in [-0.1, -0.05) is 0 Å². The first kappa shape index (κ1) is 34.5. The van der Waals surface area contributed by atoms with Crippen molar-refractivity contribution >= 4 is 29.1 Å². The Bertz CT molecular complexity index is 1590. The minimum absolute atomic E-state index is 0.00246. The molecule has 16 heteroatoms. The molecule has 0 aliphatic carbocycles. The number of nitrogens with one attached hydrogen (secondary N) is 1. The van der Waals surface area contributed by atoms with Crippen LogP contribution in [0.2, 0.25) is 0 Å². The summed E-state index contributed by atoms with van der Waals surface area (Å²) in [4.78, 5) is 41.7. The van der Waals surface area contributed by atoms with Crippen LogP contribution in [0.5, 0.6) is 5.88 Å². The number of pyridine rings is 1. The summed E-state index contributed by atoms with van der Waals surface area (Å²) in [7, 11) is 2.26. The Morgan fingerprint density at radius 2 is 1.71 bits per heavy atom. The molecule has 242 valence electrons. The van der Waals surface area contributed by atoms with Gasteiger partial charge in [0, 0.05) is 30.8 Å². The zero-order valence-corrected chi connectivity index (χ0v) is 24.8. The van der Waals surface area contributed by atoms with E-state index in [2.05, 4.69) is 15.0 Å². The molecule has 0 aliphatic rings. The van der Waals surface area contributed by atoms with Gasteiger partial charge in [0.05, 0.1) is 42.5 Å². The normalized spacial score (nSPS) is 11.5. The van der Waals surface area contributed by atoms with E-state index >= 15 is 0 Å². The second kappa shape index (κ2) is 13.7. The van der Waals surface area contributed by atoms with E-state index in [9.17, 15) is 41.7 Å². The molecule has 2 aromatic carbocycles. The fraction of sp³-hybridized carbons (Fsp3) is 0.345. The average molecular weight is 641 g/mol. The molecule has 1 amide bonds. The summed E-state index contributed by atoms with van der Waals surface area (Å²) in [6.07, 6.45) is -6.20. The number of methoxy groups -OCH3 is 2. The molecule has 1 aromatic heterocycles.